The fraction of sp³-hybridized carbons (Fsp3) is 0.389. The van der Waals surface area contributed by atoms with Gasteiger partial charge in [-0.05, 0) is 35.9 Å². The monoisotopic (exact) mass is 315 g/mol. The largest absolute Gasteiger partial charge is 0.373 e. The van der Waals surface area contributed by atoms with Crippen LogP contribution in [-0.4, -0.2) is 24.5 Å². The predicted molar refractivity (Wildman–Crippen MR) is 89.0 cm³/mol. The van der Waals surface area contributed by atoms with Crippen LogP contribution in [0.25, 0.3) is 0 Å². The number of ether oxygens (including phenoxy) is 1. The molecule has 0 saturated carbocycles. The third-order valence-corrected chi connectivity index (χ3v) is 5.42. The second-order valence-corrected chi connectivity index (χ2v) is 6.69. The Kier molecular flexibility index (Phi) is 4.60. The van der Waals surface area contributed by atoms with Crippen LogP contribution in [0.3, 0.4) is 0 Å². The van der Waals surface area contributed by atoms with E-state index in [-0.39, 0.29) is 18.1 Å². The highest BCUT2D eigenvalue weighted by Crippen LogP contribution is 2.31. The van der Waals surface area contributed by atoms with E-state index in [4.69, 9.17) is 4.74 Å². The van der Waals surface area contributed by atoms with Crippen molar-refractivity contribution in [3.05, 3.63) is 57.8 Å². The number of benzene rings is 1. The smallest absolute Gasteiger partial charge is 0.225 e. The molecule has 2 heterocycles. The molecule has 1 aliphatic rings. The molecular weight excluding hydrogens is 294 g/mol. The number of amides is 1. The Balaban J connectivity index is 1.70. The van der Waals surface area contributed by atoms with E-state index in [1.54, 1.807) is 11.3 Å². The Bertz CT molecular complexity index is 638. The third kappa shape index (κ3) is 3.08. The van der Waals surface area contributed by atoms with Crippen LogP contribution in [0.5, 0.6) is 0 Å². The number of carbonyl (C=O) groups is 1. The van der Waals surface area contributed by atoms with Gasteiger partial charge in [0.15, 0.2) is 0 Å². The van der Waals surface area contributed by atoms with Gasteiger partial charge in [0.25, 0.3) is 0 Å². The summed E-state index contributed by atoms with van der Waals surface area (Å²) in [5.41, 5.74) is 2.47. The van der Waals surface area contributed by atoms with Gasteiger partial charge in [-0.15, -0.1) is 11.3 Å². The van der Waals surface area contributed by atoms with Gasteiger partial charge in [-0.25, -0.2) is 0 Å². The first-order valence-electron chi connectivity index (χ1n) is 7.65. The second-order valence-electron chi connectivity index (χ2n) is 5.71. The molecule has 22 heavy (non-hydrogen) atoms. The van der Waals surface area contributed by atoms with Crippen molar-refractivity contribution in [2.24, 2.45) is 0 Å². The normalized spacial score (nSPS) is 18.5. The number of rotatable bonds is 4. The standard InChI is InChI=1S/C18H21NO2S/c1-13(17-8-5-11-22-17)19(2)18(20)12-16-15-7-4-3-6-14(15)9-10-21-16/h3-8,11,13,16H,9-10,12H2,1-2H3/t13-,16+/m0/s1. The maximum atomic E-state index is 12.6. The summed E-state index contributed by atoms with van der Waals surface area (Å²) in [6, 6.07) is 12.5. The molecule has 1 aromatic carbocycles. The van der Waals surface area contributed by atoms with Crippen LogP contribution in [0.1, 0.15) is 41.5 Å². The lowest BCUT2D eigenvalue weighted by molar-refractivity contribution is -0.135. The fourth-order valence-electron chi connectivity index (χ4n) is 2.88. The Hall–Kier alpha value is -1.65. The lowest BCUT2D eigenvalue weighted by Gasteiger charge is -2.29. The minimum absolute atomic E-state index is 0.103. The fourth-order valence-corrected chi connectivity index (χ4v) is 3.71. The molecule has 4 heteroatoms. The first-order chi connectivity index (χ1) is 10.7. The summed E-state index contributed by atoms with van der Waals surface area (Å²) in [5.74, 6) is 0.127. The van der Waals surface area contributed by atoms with Crippen LogP contribution in [-0.2, 0) is 16.0 Å². The van der Waals surface area contributed by atoms with E-state index in [2.05, 4.69) is 25.1 Å². The zero-order chi connectivity index (χ0) is 15.5. The van der Waals surface area contributed by atoms with E-state index < -0.39 is 0 Å². The van der Waals surface area contributed by atoms with Crippen LogP contribution in [0.2, 0.25) is 0 Å². The van der Waals surface area contributed by atoms with Crippen LogP contribution in [0, 0.1) is 0 Å². The first-order valence-corrected chi connectivity index (χ1v) is 8.53. The summed E-state index contributed by atoms with van der Waals surface area (Å²) < 4.78 is 5.85. The summed E-state index contributed by atoms with van der Waals surface area (Å²) in [4.78, 5) is 15.6. The highest BCUT2D eigenvalue weighted by atomic mass is 32.1. The summed E-state index contributed by atoms with van der Waals surface area (Å²) in [5, 5.41) is 2.05. The number of nitrogens with zero attached hydrogens (tertiary/aromatic N) is 1. The molecule has 0 radical (unpaired) electrons. The van der Waals surface area contributed by atoms with E-state index in [1.165, 1.54) is 16.0 Å². The molecule has 3 nitrogen and oxygen atoms in total. The summed E-state index contributed by atoms with van der Waals surface area (Å²) >= 11 is 1.69. The molecule has 2 aromatic rings. The summed E-state index contributed by atoms with van der Waals surface area (Å²) in [7, 11) is 1.88. The van der Waals surface area contributed by atoms with Gasteiger partial charge in [-0.2, -0.15) is 0 Å². The lowest BCUT2D eigenvalue weighted by Crippen LogP contribution is -2.31. The SMILES string of the molecule is C[C@@H](c1cccs1)N(C)C(=O)C[C@H]1OCCc2ccccc21. The van der Waals surface area contributed by atoms with Gasteiger partial charge in [0, 0.05) is 11.9 Å². The van der Waals surface area contributed by atoms with Gasteiger partial charge in [0.2, 0.25) is 5.91 Å². The van der Waals surface area contributed by atoms with Crippen molar-refractivity contribution in [1.29, 1.82) is 0 Å². The van der Waals surface area contributed by atoms with Gasteiger partial charge >= 0.3 is 0 Å². The average Bonchev–Trinajstić information content (AvgIpc) is 3.08. The summed E-state index contributed by atoms with van der Waals surface area (Å²) in [6.07, 6.45) is 1.22. The van der Waals surface area contributed by atoms with Gasteiger partial charge in [-0.3, -0.25) is 4.79 Å². The molecule has 1 aromatic heterocycles. The molecule has 0 bridgehead atoms. The average molecular weight is 315 g/mol. The quantitative estimate of drug-likeness (QED) is 0.854. The highest BCUT2D eigenvalue weighted by Gasteiger charge is 2.26. The molecule has 0 saturated heterocycles. The molecule has 1 aliphatic heterocycles. The van der Waals surface area contributed by atoms with Crippen molar-refractivity contribution in [3.8, 4) is 0 Å². The minimum atomic E-state index is -0.115. The predicted octanol–water partition coefficient (Wildman–Crippen LogP) is 3.97. The highest BCUT2D eigenvalue weighted by molar-refractivity contribution is 7.10. The van der Waals surface area contributed by atoms with Crippen molar-refractivity contribution in [2.75, 3.05) is 13.7 Å². The molecule has 0 aliphatic carbocycles. The van der Waals surface area contributed by atoms with Crippen molar-refractivity contribution >= 4 is 17.2 Å². The minimum Gasteiger partial charge on any atom is -0.373 e. The van der Waals surface area contributed by atoms with Crippen molar-refractivity contribution in [3.63, 3.8) is 0 Å². The van der Waals surface area contributed by atoms with Crippen molar-refractivity contribution < 1.29 is 9.53 Å². The molecule has 0 spiro atoms. The number of fused-ring (bicyclic) bond motifs is 1. The Morgan fingerprint density at radius 3 is 2.95 bits per heavy atom. The van der Waals surface area contributed by atoms with Gasteiger partial charge in [0.1, 0.15) is 0 Å². The van der Waals surface area contributed by atoms with Crippen LogP contribution < -0.4 is 0 Å². The number of hydrogen-bond donors (Lipinski definition) is 0. The molecule has 0 unspecified atom stereocenters. The lowest BCUT2D eigenvalue weighted by atomic mass is 9.95. The second kappa shape index (κ2) is 6.63. The number of carbonyl (C=O) groups excluding carboxylic acids is 1. The molecule has 116 valence electrons. The van der Waals surface area contributed by atoms with Gasteiger partial charge in [-0.1, -0.05) is 30.3 Å². The van der Waals surface area contributed by atoms with E-state index in [0.717, 1.165) is 6.42 Å². The molecule has 1 amide bonds. The van der Waals surface area contributed by atoms with Crippen LogP contribution in [0.15, 0.2) is 41.8 Å². The Labute approximate surface area is 135 Å². The van der Waals surface area contributed by atoms with E-state index in [1.807, 2.05) is 35.5 Å². The third-order valence-electron chi connectivity index (χ3n) is 4.38. The van der Waals surface area contributed by atoms with Crippen LogP contribution >= 0.6 is 11.3 Å². The zero-order valence-corrected chi connectivity index (χ0v) is 13.8. The van der Waals surface area contributed by atoms with E-state index in [0.29, 0.717) is 13.0 Å². The number of hydrogen-bond acceptors (Lipinski definition) is 3. The topological polar surface area (TPSA) is 29.5 Å². The Morgan fingerprint density at radius 1 is 1.36 bits per heavy atom. The molecule has 3 rings (SSSR count). The van der Waals surface area contributed by atoms with E-state index >= 15 is 0 Å². The molecule has 0 fully saturated rings. The van der Waals surface area contributed by atoms with E-state index in [9.17, 15) is 4.79 Å². The maximum absolute atomic E-state index is 12.6. The maximum Gasteiger partial charge on any atom is 0.225 e. The zero-order valence-electron chi connectivity index (χ0n) is 13.0. The van der Waals surface area contributed by atoms with Gasteiger partial charge in [0.05, 0.1) is 25.2 Å². The molecular formula is C18H21NO2S. The molecule has 0 N–H and O–H groups in total. The van der Waals surface area contributed by atoms with Crippen molar-refractivity contribution in [2.45, 2.75) is 31.9 Å². The first kappa shape index (κ1) is 15.3. The molecule has 2 atom stereocenters. The van der Waals surface area contributed by atoms with Crippen molar-refractivity contribution in [1.82, 2.24) is 4.90 Å². The van der Waals surface area contributed by atoms with Crippen LogP contribution in [0.4, 0.5) is 0 Å². The van der Waals surface area contributed by atoms with Gasteiger partial charge < -0.3 is 9.64 Å². The summed E-state index contributed by atoms with van der Waals surface area (Å²) in [6.45, 7) is 2.76. The number of thiophene rings is 1. The Morgan fingerprint density at radius 2 is 2.18 bits per heavy atom.